The van der Waals surface area contributed by atoms with E-state index in [-0.39, 0.29) is 6.79 Å². The minimum atomic E-state index is 0.250. The lowest BCUT2D eigenvalue weighted by Gasteiger charge is -2.12. The first-order valence-electron chi connectivity index (χ1n) is 8.66. The Balaban J connectivity index is 1.46. The second-order valence-electron chi connectivity index (χ2n) is 6.34. The number of hydrogen-bond donors (Lipinski definition) is 2. The van der Waals surface area contributed by atoms with Crippen molar-refractivity contribution in [2.24, 2.45) is 0 Å². The number of ether oxygens (including phenoxy) is 2. The molecule has 0 unspecified atom stereocenters. The van der Waals surface area contributed by atoms with Crippen LogP contribution in [0.5, 0.6) is 11.5 Å². The summed E-state index contributed by atoms with van der Waals surface area (Å²) < 4.78 is 12.7. The molecule has 3 aromatic rings. The second kappa shape index (κ2) is 7.28. The van der Waals surface area contributed by atoms with Gasteiger partial charge >= 0.3 is 0 Å². The lowest BCUT2D eigenvalue weighted by atomic mass is 10.2. The zero-order valence-electron chi connectivity index (χ0n) is 15.2. The number of aromatic nitrogens is 2. The molecule has 1 aliphatic rings. The maximum Gasteiger partial charge on any atom is 0.231 e. The average molecular weight is 380 g/mol. The molecule has 0 atom stereocenters. The molecule has 0 spiro atoms. The number of nitrogens with one attached hydrogen (secondary N) is 2. The fraction of sp³-hybridized carbons (Fsp3) is 0.200. The Morgan fingerprint density at radius 3 is 2.67 bits per heavy atom. The van der Waals surface area contributed by atoms with E-state index in [4.69, 9.17) is 21.7 Å². The lowest BCUT2D eigenvalue weighted by molar-refractivity contribution is 0.174. The minimum absolute atomic E-state index is 0.250. The van der Waals surface area contributed by atoms with Crippen molar-refractivity contribution in [3.8, 4) is 11.5 Å². The summed E-state index contributed by atoms with van der Waals surface area (Å²) in [5.74, 6) is 1.46. The van der Waals surface area contributed by atoms with Crippen molar-refractivity contribution < 1.29 is 9.47 Å². The van der Waals surface area contributed by atoms with Crippen molar-refractivity contribution in [2.75, 3.05) is 17.4 Å². The summed E-state index contributed by atoms with van der Waals surface area (Å²) in [5.41, 5.74) is 4.90. The molecule has 0 saturated heterocycles. The third-order valence-corrected chi connectivity index (χ3v) is 4.63. The van der Waals surface area contributed by atoms with Crippen LogP contribution in [0.4, 0.5) is 11.4 Å². The van der Waals surface area contributed by atoms with Crippen molar-refractivity contribution in [1.82, 2.24) is 9.78 Å². The fourth-order valence-corrected chi connectivity index (χ4v) is 3.26. The highest BCUT2D eigenvalue weighted by Gasteiger charge is 2.15. The number of thiocarbonyl (C=S) groups is 1. The van der Waals surface area contributed by atoms with Gasteiger partial charge in [0.1, 0.15) is 0 Å². The Kier molecular flexibility index (Phi) is 4.68. The molecule has 27 heavy (non-hydrogen) atoms. The van der Waals surface area contributed by atoms with Crippen molar-refractivity contribution in [1.29, 1.82) is 0 Å². The molecule has 4 rings (SSSR count). The molecule has 0 amide bonds. The summed E-state index contributed by atoms with van der Waals surface area (Å²) in [4.78, 5) is 0. The molecule has 0 bridgehead atoms. The van der Waals surface area contributed by atoms with E-state index in [2.05, 4.69) is 27.9 Å². The summed E-state index contributed by atoms with van der Waals surface area (Å²) in [6.07, 6.45) is 0. The van der Waals surface area contributed by atoms with Gasteiger partial charge in [-0.05, 0) is 43.8 Å². The fourth-order valence-electron chi connectivity index (χ4n) is 3.04. The summed E-state index contributed by atoms with van der Waals surface area (Å²) in [6, 6.07) is 15.9. The van der Waals surface area contributed by atoms with Gasteiger partial charge in [-0.15, -0.1) is 0 Å². The number of benzene rings is 2. The molecule has 2 heterocycles. The number of hydrogen-bond acceptors (Lipinski definition) is 4. The average Bonchev–Trinajstić information content (AvgIpc) is 3.22. The van der Waals surface area contributed by atoms with Crippen LogP contribution in [0.1, 0.15) is 17.0 Å². The minimum Gasteiger partial charge on any atom is -0.454 e. The van der Waals surface area contributed by atoms with Gasteiger partial charge in [-0.3, -0.25) is 4.68 Å². The van der Waals surface area contributed by atoms with Crippen LogP contribution in [0.2, 0.25) is 0 Å². The number of rotatable bonds is 4. The summed E-state index contributed by atoms with van der Waals surface area (Å²) in [7, 11) is 0. The Labute approximate surface area is 163 Å². The van der Waals surface area contributed by atoms with Gasteiger partial charge in [0.2, 0.25) is 6.79 Å². The van der Waals surface area contributed by atoms with E-state index in [1.165, 1.54) is 5.56 Å². The Morgan fingerprint density at radius 2 is 1.85 bits per heavy atom. The molecule has 138 valence electrons. The van der Waals surface area contributed by atoms with Crippen LogP contribution in [-0.2, 0) is 6.54 Å². The largest absolute Gasteiger partial charge is 0.454 e. The molecule has 0 fully saturated rings. The number of fused-ring (bicyclic) bond motifs is 1. The van der Waals surface area contributed by atoms with Gasteiger partial charge in [0.05, 0.1) is 23.6 Å². The smallest absolute Gasteiger partial charge is 0.231 e. The first-order valence-corrected chi connectivity index (χ1v) is 9.06. The molecule has 0 radical (unpaired) electrons. The zero-order chi connectivity index (χ0) is 18.8. The quantitative estimate of drug-likeness (QED) is 0.665. The van der Waals surface area contributed by atoms with Gasteiger partial charge in [0.15, 0.2) is 16.6 Å². The van der Waals surface area contributed by atoms with E-state index in [0.29, 0.717) is 10.9 Å². The molecule has 2 aromatic carbocycles. The Morgan fingerprint density at radius 1 is 1.07 bits per heavy atom. The standard InChI is InChI=1S/C20H20N4O2S/c1-13-19(14(2)24(23-13)11-15-6-4-3-5-7-15)22-20(27)21-16-8-9-17-18(10-16)26-12-25-17/h3-10H,11-12H2,1-2H3,(H2,21,22,27). The van der Waals surface area contributed by atoms with Crippen molar-refractivity contribution in [3.05, 3.63) is 65.5 Å². The zero-order valence-corrected chi connectivity index (χ0v) is 16.0. The van der Waals surface area contributed by atoms with Gasteiger partial charge in [-0.25, -0.2) is 0 Å². The van der Waals surface area contributed by atoms with Crippen molar-refractivity contribution in [2.45, 2.75) is 20.4 Å². The van der Waals surface area contributed by atoms with E-state index in [0.717, 1.165) is 35.1 Å². The molecule has 1 aromatic heterocycles. The number of anilines is 2. The predicted molar refractivity (Wildman–Crippen MR) is 110 cm³/mol. The monoisotopic (exact) mass is 380 g/mol. The summed E-state index contributed by atoms with van der Waals surface area (Å²) >= 11 is 5.47. The van der Waals surface area contributed by atoms with E-state index < -0.39 is 0 Å². The highest BCUT2D eigenvalue weighted by molar-refractivity contribution is 7.80. The summed E-state index contributed by atoms with van der Waals surface area (Å²) in [5, 5.41) is 11.6. The van der Waals surface area contributed by atoms with Crippen molar-refractivity contribution >= 4 is 28.7 Å². The van der Waals surface area contributed by atoms with E-state index >= 15 is 0 Å². The van der Waals surface area contributed by atoms with E-state index in [9.17, 15) is 0 Å². The van der Waals surface area contributed by atoms with E-state index in [1.807, 2.05) is 54.9 Å². The highest BCUT2D eigenvalue weighted by Crippen LogP contribution is 2.34. The Bertz CT molecular complexity index is 985. The molecular weight excluding hydrogens is 360 g/mol. The first kappa shape index (κ1) is 17.4. The predicted octanol–water partition coefficient (Wildman–Crippen LogP) is 4.09. The van der Waals surface area contributed by atoms with Crippen LogP contribution in [0.15, 0.2) is 48.5 Å². The van der Waals surface area contributed by atoms with E-state index in [1.54, 1.807) is 0 Å². The molecule has 2 N–H and O–H groups in total. The molecule has 0 saturated carbocycles. The van der Waals surface area contributed by atoms with Crippen LogP contribution >= 0.6 is 12.2 Å². The lowest BCUT2D eigenvalue weighted by Crippen LogP contribution is -2.20. The SMILES string of the molecule is Cc1nn(Cc2ccccc2)c(C)c1NC(=S)Nc1ccc2c(c1)OCO2. The topological polar surface area (TPSA) is 60.3 Å². The number of nitrogens with zero attached hydrogens (tertiary/aromatic N) is 2. The van der Waals surface area contributed by atoms with Crippen LogP contribution in [-0.4, -0.2) is 21.7 Å². The van der Waals surface area contributed by atoms with Crippen LogP contribution in [0.25, 0.3) is 0 Å². The van der Waals surface area contributed by atoms with Crippen LogP contribution < -0.4 is 20.1 Å². The van der Waals surface area contributed by atoms with Crippen LogP contribution in [0.3, 0.4) is 0 Å². The van der Waals surface area contributed by atoms with Gasteiger partial charge in [-0.2, -0.15) is 5.10 Å². The molecule has 1 aliphatic heterocycles. The highest BCUT2D eigenvalue weighted by atomic mass is 32.1. The normalized spacial score (nSPS) is 12.1. The van der Waals surface area contributed by atoms with Gasteiger partial charge in [-0.1, -0.05) is 30.3 Å². The Hall–Kier alpha value is -3.06. The maximum atomic E-state index is 5.47. The third-order valence-electron chi connectivity index (χ3n) is 4.43. The van der Waals surface area contributed by atoms with Gasteiger partial charge in [0.25, 0.3) is 0 Å². The molecule has 0 aliphatic carbocycles. The second-order valence-corrected chi connectivity index (χ2v) is 6.74. The van der Waals surface area contributed by atoms with Gasteiger partial charge < -0.3 is 20.1 Å². The summed E-state index contributed by atoms with van der Waals surface area (Å²) in [6.45, 7) is 4.98. The first-order chi connectivity index (χ1) is 13.1. The molecular formula is C20H20N4O2S. The molecule has 6 nitrogen and oxygen atoms in total. The number of aryl methyl sites for hydroxylation is 1. The van der Waals surface area contributed by atoms with Crippen molar-refractivity contribution in [3.63, 3.8) is 0 Å². The van der Waals surface area contributed by atoms with Crippen LogP contribution in [0, 0.1) is 13.8 Å². The maximum absolute atomic E-state index is 5.47. The van der Waals surface area contributed by atoms with Gasteiger partial charge in [0, 0.05) is 11.8 Å². The molecule has 7 heteroatoms. The third kappa shape index (κ3) is 3.73.